The lowest BCUT2D eigenvalue weighted by molar-refractivity contribution is -0.150. The van der Waals surface area contributed by atoms with E-state index in [1.165, 1.54) is 18.1 Å². The highest BCUT2D eigenvalue weighted by molar-refractivity contribution is 5.88. The van der Waals surface area contributed by atoms with Gasteiger partial charge in [-0.05, 0) is 37.5 Å². The van der Waals surface area contributed by atoms with Gasteiger partial charge in [0, 0.05) is 6.42 Å². The number of benzene rings is 1. The summed E-state index contributed by atoms with van der Waals surface area (Å²) < 4.78 is 52.9. The van der Waals surface area contributed by atoms with Crippen LogP contribution in [-0.2, 0) is 29.7 Å². The Morgan fingerprint density at radius 1 is 1.13 bits per heavy atom. The maximum Gasteiger partial charge on any atom is 0.407 e. The van der Waals surface area contributed by atoms with Crippen LogP contribution in [-0.4, -0.2) is 84.0 Å². The fourth-order valence-corrected chi connectivity index (χ4v) is 5.06. The fraction of sp³-hybridized carbons (Fsp3) is 0.500. The number of ether oxygens (including phenoxy) is 4. The summed E-state index contributed by atoms with van der Waals surface area (Å²) >= 11 is 0. The fourth-order valence-electron chi connectivity index (χ4n) is 5.06. The number of rotatable bonds is 1. The highest BCUT2D eigenvalue weighted by atomic mass is 19.3. The van der Waals surface area contributed by atoms with Crippen molar-refractivity contribution >= 4 is 29.0 Å². The van der Waals surface area contributed by atoms with E-state index in [1.807, 2.05) is 0 Å². The minimum atomic E-state index is -3.58. The molecule has 1 N–H and O–H groups in total. The lowest BCUT2D eigenvalue weighted by Gasteiger charge is -2.24. The monoisotopic (exact) mass is 546 g/mol. The van der Waals surface area contributed by atoms with Crippen LogP contribution in [0.3, 0.4) is 0 Å². The first-order valence-corrected chi connectivity index (χ1v) is 12.7. The van der Waals surface area contributed by atoms with Crippen molar-refractivity contribution in [2.24, 2.45) is 0 Å². The number of aromatic nitrogens is 2. The Morgan fingerprint density at radius 3 is 2.64 bits per heavy atom. The van der Waals surface area contributed by atoms with Gasteiger partial charge in [0.15, 0.2) is 5.69 Å². The Morgan fingerprint density at radius 2 is 1.87 bits per heavy atom. The predicted molar refractivity (Wildman–Crippen MR) is 131 cm³/mol. The molecule has 2 amide bonds. The van der Waals surface area contributed by atoms with E-state index in [0.29, 0.717) is 24.4 Å². The van der Waals surface area contributed by atoms with Crippen LogP contribution < -0.4 is 10.1 Å². The molecule has 2 fully saturated rings. The minimum Gasteiger partial charge on any atom is -0.471 e. The van der Waals surface area contributed by atoms with E-state index in [9.17, 15) is 14.4 Å². The summed E-state index contributed by atoms with van der Waals surface area (Å²) in [5, 5.41) is 2.42. The first-order valence-electron chi connectivity index (χ1n) is 12.7. The molecule has 0 spiro atoms. The molecule has 5 rings (SSSR count). The van der Waals surface area contributed by atoms with E-state index < -0.39 is 66.4 Å². The van der Waals surface area contributed by atoms with Gasteiger partial charge < -0.3 is 29.2 Å². The summed E-state index contributed by atoms with van der Waals surface area (Å²) in [5.41, 5.74) is -0.108. The van der Waals surface area contributed by atoms with Crippen LogP contribution in [0, 0.1) is 0 Å². The number of amides is 2. The van der Waals surface area contributed by atoms with Crippen LogP contribution in [0.25, 0.3) is 11.0 Å². The van der Waals surface area contributed by atoms with Crippen molar-refractivity contribution in [3.63, 3.8) is 0 Å². The van der Waals surface area contributed by atoms with Gasteiger partial charge in [-0.25, -0.2) is 19.6 Å². The lowest BCUT2D eigenvalue weighted by atomic mass is 10.2. The van der Waals surface area contributed by atoms with Crippen LogP contribution in [0.5, 0.6) is 5.88 Å². The van der Waals surface area contributed by atoms with Crippen molar-refractivity contribution in [1.82, 2.24) is 20.2 Å². The van der Waals surface area contributed by atoms with Gasteiger partial charge in [0.05, 0.1) is 37.4 Å². The van der Waals surface area contributed by atoms with Crippen LogP contribution in [0.2, 0.25) is 0 Å². The number of alkyl carbamates (subject to hydrolysis) is 1. The van der Waals surface area contributed by atoms with Crippen molar-refractivity contribution in [2.45, 2.75) is 56.0 Å². The molecule has 208 valence electrons. The molecule has 1 aromatic heterocycles. The van der Waals surface area contributed by atoms with E-state index in [2.05, 4.69) is 15.3 Å². The molecule has 3 aliphatic rings. The second kappa shape index (κ2) is 11.1. The minimum absolute atomic E-state index is 0.0319. The van der Waals surface area contributed by atoms with Gasteiger partial charge in [-0.3, -0.25) is 4.79 Å². The van der Waals surface area contributed by atoms with Crippen LogP contribution in [0.4, 0.5) is 13.6 Å². The van der Waals surface area contributed by atoms with Gasteiger partial charge in [-0.1, -0.05) is 18.2 Å². The molecule has 2 aromatic rings. The number of carbonyl (C=O) groups excluding carboxylic acids is 3. The van der Waals surface area contributed by atoms with Gasteiger partial charge in [0.2, 0.25) is 11.8 Å². The molecule has 0 unspecified atom stereocenters. The molecule has 3 heterocycles. The standard InChI is InChI=1S/C26H28F2N4O7/c1-36-24(34)18-12-15-14-32(18)21(33)13-29-25(35)39-20-9-4-8-19(20)37-11-5-10-26(27,28)22-23(38-15)31-17-7-3-2-6-16(17)30-22/h2-3,5-7,10,15,18-20H,4,8-9,11-14H2,1H3,(H,29,35)/b10-5+/t15-,18+,19-,20-/m1/s1. The summed E-state index contributed by atoms with van der Waals surface area (Å²) in [7, 11) is 1.18. The summed E-state index contributed by atoms with van der Waals surface area (Å²) in [6.07, 6.45) is 0.918. The molecule has 1 saturated heterocycles. The number of allylic oxidation sites excluding steroid dienone is 1. The van der Waals surface area contributed by atoms with Gasteiger partial charge in [-0.2, -0.15) is 8.78 Å². The number of fused-ring (bicyclic) bond motifs is 5. The molecule has 2 aliphatic heterocycles. The van der Waals surface area contributed by atoms with Crippen molar-refractivity contribution in [3.05, 3.63) is 42.1 Å². The topological polar surface area (TPSA) is 129 Å². The molecular formula is C26H28F2N4O7. The lowest BCUT2D eigenvalue weighted by Crippen LogP contribution is -2.46. The van der Waals surface area contributed by atoms with E-state index in [-0.39, 0.29) is 25.1 Å². The SMILES string of the molecule is COC(=O)[C@@H]1C[C@@H]2CN1C(=O)CNC(=O)O[C@@H]1CCC[C@H]1OC/C=C/C(F)(F)c1nc3ccccc3nc1O2. The number of hydrogen-bond acceptors (Lipinski definition) is 9. The van der Waals surface area contributed by atoms with E-state index in [4.69, 9.17) is 18.9 Å². The van der Waals surface area contributed by atoms with Crippen LogP contribution >= 0.6 is 0 Å². The second-order valence-electron chi connectivity index (χ2n) is 9.55. The maximum atomic E-state index is 15.5. The second-order valence-corrected chi connectivity index (χ2v) is 9.55. The van der Waals surface area contributed by atoms with E-state index >= 15 is 8.78 Å². The van der Waals surface area contributed by atoms with E-state index in [1.54, 1.807) is 24.3 Å². The molecule has 39 heavy (non-hydrogen) atoms. The molecule has 13 heteroatoms. The Kier molecular flexibility index (Phi) is 7.60. The average Bonchev–Trinajstić information content (AvgIpc) is 3.55. The first kappa shape index (κ1) is 26.7. The summed E-state index contributed by atoms with van der Waals surface area (Å²) in [6, 6.07) is 5.49. The number of carbonyl (C=O) groups is 3. The molecule has 2 bridgehead atoms. The summed E-state index contributed by atoms with van der Waals surface area (Å²) in [6.45, 7) is -0.710. The van der Waals surface area contributed by atoms with Gasteiger partial charge in [0.25, 0.3) is 0 Å². The first-order chi connectivity index (χ1) is 18.7. The zero-order chi connectivity index (χ0) is 27.6. The molecule has 1 aromatic carbocycles. The van der Waals surface area contributed by atoms with Gasteiger partial charge in [-0.15, -0.1) is 0 Å². The van der Waals surface area contributed by atoms with Crippen molar-refractivity contribution < 1.29 is 42.1 Å². The van der Waals surface area contributed by atoms with Gasteiger partial charge >= 0.3 is 18.0 Å². The number of para-hydroxylation sites is 2. The maximum absolute atomic E-state index is 15.5. The van der Waals surface area contributed by atoms with Crippen molar-refractivity contribution in [2.75, 3.05) is 26.8 Å². The zero-order valence-corrected chi connectivity index (χ0v) is 21.2. The summed E-state index contributed by atoms with van der Waals surface area (Å²) in [5.74, 6) is -5.28. The van der Waals surface area contributed by atoms with Crippen LogP contribution in [0.15, 0.2) is 36.4 Å². The number of esters is 1. The third kappa shape index (κ3) is 5.77. The number of alkyl halides is 2. The normalized spacial score (nSPS) is 28.2. The third-order valence-electron chi connectivity index (χ3n) is 6.96. The van der Waals surface area contributed by atoms with Gasteiger partial charge in [0.1, 0.15) is 24.8 Å². The number of nitrogens with zero attached hydrogens (tertiary/aromatic N) is 3. The Bertz CT molecular complexity index is 1290. The Labute approximate surface area is 222 Å². The largest absolute Gasteiger partial charge is 0.471 e. The Hall–Kier alpha value is -3.87. The molecule has 4 atom stereocenters. The number of methoxy groups -OCH3 is 1. The highest BCUT2D eigenvalue weighted by Crippen LogP contribution is 2.37. The van der Waals surface area contributed by atoms with Crippen molar-refractivity contribution in [3.8, 4) is 5.88 Å². The molecular weight excluding hydrogens is 518 g/mol. The van der Waals surface area contributed by atoms with Crippen molar-refractivity contribution in [1.29, 1.82) is 0 Å². The third-order valence-corrected chi connectivity index (χ3v) is 6.96. The quantitative estimate of drug-likeness (QED) is 0.424. The summed E-state index contributed by atoms with van der Waals surface area (Å²) in [4.78, 5) is 47.5. The predicted octanol–water partition coefficient (Wildman–Crippen LogP) is 2.48. The zero-order valence-electron chi connectivity index (χ0n) is 21.2. The molecule has 11 nitrogen and oxygen atoms in total. The number of halogens is 2. The van der Waals surface area contributed by atoms with E-state index in [0.717, 1.165) is 6.42 Å². The molecule has 1 aliphatic carbocycles. The molecule has 0 radical (unpaired) electrons. The number of nitrogens with one attached hydrogen (secondary N) is 1. The average molecular weight is 547 g/mol. The highest BCUT2D eigenvalue weighted by Gasteiger charge is 2.43. The van der Waals surface area contributed by atoms with Crippen LogP contribution in [0.1, 0.15) is 31.4 Å². The molecule has 1 saturated carbocycles. The Balaban J connectivity index is 1.51. The number of hydrogen-bond donors (Lipinski definition) is 1. The smallest absolute Gasteiger partial charge is 0.407 e.